The molecule has 0 N–H and O–H groups in total. The van der Waals surface area contributed by atoms with Crippen LogP contribution in [-0.2, 0) is 20.9 Å². The molecule has 1 aromatic heterocycles. The third-order valence-corrected chi connectivity index (χ3v) is 5.30. The molecule has 0 radical (unpaired) electrons. The number of ether oxygens (including phenoxy) is 1. The van der Waals surface area contributed by atoms with Crippen molar-refractivity contribution in [2.75, 3.05) is 4.90 Å². The molecule has 2 amide bonds. The normalized spacial score (nSPS) is 30.4. The van der Waals surface area contributed by atoms with Gasteiger partial charge >= 0.3 is 0 Å². The number of anilines is 1. The van der Waals surface area contributed by atoms with Crippen LogP contribution in [0.5, 0.6) is 0 Å². The van der Waals surface area contributed by atoms with Gasteiger partial charge in [-0.2, -0.15) is 4.98 Å². The maximum atomic E-state index is 13.8. The number of carbonyl (C=O) groups excluding carboxylic acids is 2. The lowest BCUT2D eigenvalue weighted by Crippen LogP contribution is -2.35. The van der Waals surface area contributed by atoms with Crippen LogP contribution in [0.3, 0.4) is 0 Å². The molecule has 0 spiro atoms. The third-order valence-electron chi connectivity index (χ3n) is 5.30. The van der Waals surface area contributed by atoms with Crippen molar-refractivity contribution in [1.29, 1.82) is 0 Å². The molecule has 128 valence electrons. The van der Waals surface area contributed by atoms with E-state index in [2.05, 4.69) is 10.1 Å². The molecular formula is C17H15FN4O3. The van der Waals surface area contributed by atoms with Gasteiger partial charge in [0.15, 0.2) is 0 Å². The number of halogens is 1. The van der Waals surface area contributed by atoms with Crippen molar-refractivity contribution in [3.05, 3.63) is 42.0 Å². The zero-order valence-corrected chi connectivity index (χ0v) is 13.2. The van der Waals surface area contributed by atoms with E-state index in [-0.39, 0.29) is 42.3 Å². The van der Waals surface area contributed by atoms with E-state index < -0.39 is 11.8 Å². The van der Waals surface area contributed by atoms with E-state index in [1.54, 1.807) is 18.2 Å². The number of amides is 2. The molecule has 0 saturated carbocycles. The molecule has 2 aromatic rings. The molecule has 3 fully saturated rings. The number of nitrogens with zero attached hydrogens (tertiary/aromatic N) is 4. The summed E-state index contributed by atoms with van der Waals surface area (Å²) >= 11 is 0. The fourth-order valence-corrected chi connectivity index (χ4v) is 4.17. The Kier molecular flexibility index (Phi) is 3.05. The van der Waals surface area contributed by atoms with Crippen molar-refractivity contribution in [2.24, 2.45) is 11.8 Å². The lowest BCUT2D eigenvalue weighted by Gasteiger charge is -2.14. The summed E-state index contributed by atoms with van der Waals surface area (Å²) in [5.74, 6) is -1.68. The first kappa shape index (κ1) is 14.7. The summed E-state index contributed by atoms with van der Waals surface area (Å²) in [6.45, 7) is 0.178. The Hall–Kier alpha value is -2.61. The SMILES string of the molecule is O=C1[C@H]2[C@H](C(=O)N1c1ncn(Cc3ccccc3F)n1)[C@H]1CC[C@H]2O1. The number of imide groups is 1. The van der Waals surface area contributed by atoms with Gasteiger partial charge in [0.1, 0.15) is 12.1 Å². The number of carbonyl (C=O) groups is 2. The van der Waals surface area contributed by atoms with Gasteiger partial charge in [-0.25, -0.2) is 14.0 Å². The van der Waals surface area contributed by atoms with E-state index in [1.807, 2.05) is 0 Å². The van der Waals surface area contributed by atoms with E-state index >= 15 is 0 Å². The first-order valence-corrected chi connectivity index (χ1v) is 8.29. The number of rotatable bonds is 3. The summed E-state index contributed by atoms with van der Waals surface area (Å²) in [5.41, 5.74) is 0.460. The van der Waals surface area contributed by atoms with Crippen LogP contribution in [0.1, 0.15) is 18.4 Å². The van der Waals surface area contributed by atoms with Crippen molar-refractivity contribution >= 4 is 17.8 Å². The fraction of sp³-hybridized carbons (Fsp3) is 0.412. The van der Waals surface area contributed by atoms with Crippen LogP contribution < -0.4 is 4.90 Å². The second kappa shape index (κ2) is 5.19. The highest BCUT2D eigenvalue weighted by molar-refractivity contribution is 6.21. The summed E-state index contributed by atoms with van der Waals surface area (Å²) < 4.78 is 20.9. The van der Waals surface area contributed by atoms with Gasteiger partial charge in [-0.1, -0.05) is 18.2 Å². The molecule has 7 nitrogen and oxygen atoms in total. The zero-order valence-electron chi connectivity index (χ0n) is 13.2. The molecule has 1 aromatic carbocycles. The van der Waals surface area contributed by atoms with Gasteiger partial charge in [0.05, 0.1) is 30.6 Å². The Bertz CT molecular complexity index is 854. The van der Waals surface area contributed by atoms with E-state index in [4.69, 9.17) is 4.74 Å². The Labute approximate surface area is 142 Å². The molecule has 4 atom stereocenters. The van der Waals surface area contributed by atoms with Gasteiger partial charge in [-0.05, 0) is 18.9 Å². The Balaban J connectivity index is 1.41. The molecule has 0 aliphatic carbocycles. The quantitative estimate of drug-likeness (QED) is 0.782. The number of hydrogen-bond donors (Lipinski definition) is 0. The van der Waals surface area contributed by atoms with Crippen molar-refractivity contribution in [2.45, 2.75) is 31.6 Å². The van der Waals surface area contributed by atoms with Gasteiger partial charge < -0.3 is 4.74 Å². The second-order valence-corrected chi connectivity index (χ2v) is 6.69. The van der Waals surface area contributed by atoms with E-state index in [0.29, 0.717) is 5.56 Å². The average Bonchev–Trinajstić information content (AvgIpc) is 3.35. The largest absolute Gasteiger partial charge is 0.373 e. The van der Waals surface area contributed by atoms with Crippen LogP contribution in [0.15, 0.2) is 30.6 Å². The van der Waals surface area contributed by atoms with Crippen molar-refractivity contribution < 1.29 is 18.7 Å². The van der Waals surface area contributed by atoms with Gasteiger partial charge in [-0.15, -0.1) is 5.10 Å². The van der Waals surface area contributed by atoms with E-state index in [9.17, 15) is 14.0 Å². The minimum absolute atomic E-state index is 0.0557. The summed E-state index contributed by atoms with van der Waals surface area (Å²) in [5, 5.41) is 4.21. The smallest absolute Gasteiger partial charge is 0.258 e. The molecule has 5 rings (SSSR count). The Morgan fingerprint density at radius 1 is 1.12 bits per heavy atom. The predicted molar refractivity (Wildman–Crippen MR) is 82.9 cm³/mol. The van der Waals surface area contributed by atoms with Crippen LogP contribution in [0.2, 0.25) is 0 Å². The molecule has 25 heavy (non-hydrogen) atoms. The lowest BCUT2D eigenvalue weighted by atomic mass is 9.81. The van der Waals surface area contributed by atoms with Crippen LogP contribution in [-0.4, -0.2) is 38.8 Å². The first-order valence-electron chi connectivity index (χ1n) is 8.29. The predicted octanol–water partition coefficient (Wildman–Crippen LogP) is 1.13. The summed E-state index contributed by atoms with van der Waals surface area (Å²) in [6.07, 6.45) is 2.69. The Morgan fingerprint density at radius 3 is 2.48 bits per heavy atom. The van der Waals surface area contributed by atoms with Crippen LogP contribution in [0.25, 0.3) is 0 Å². The second-order valence-electron chi connectivity index (χ2n) is 6.69. The molecular weight excluding hydrogens is 327 g/mol. The standard InChI is InChI=1S/C17H15FN4O3/c18-10-4-2-1-3-9(10)7-21-8-19-17(20-21)22-15(23)13-11-5-6-12(25-11)14(13)16(22)24/h1-4,8,11-14H,5-7H2/t11-,12-,13-,14-/m1/s1. The van der Waals surface area contributed by atoms with Crippen molar-refractivity contribution in [3.8, 4) is 0 Å². The van der Waals surface area contributed by atoms with E-state index in [0.717, 1.165) is 17.7 Å². The minimum atomic E-state index is -0.412. The highest BCUT2D eigenvalue weighted by Gasteiger charge is 2.63. The monoisotopic (exact) mass is 342 g/mol. The molecule has 3 aliphatic heterocycles. The summed E-state index contributed by atoms with van der Waals surface area (Å²) in [7, 11) is 0. The number of hydrogen-bond acceptors (Lipinski definition) is 5. The molecule has 0 unspecified atom stereocenters. The summed E-state index contributed by atoms with van der Waals surface area (Å²) in [6, 6.07) is 6.38. The number of fused-ring (bicyclic) bond motifs is 5. The molecule has 3 aliphatic rings. The third kappa shape index (κ3) is 2.07. The maximum Gasteiger partial charge on any atom is 0.258 e. The maximum absolute atomic E-state index is 13.8. The number of benzene rings is 1. The van der Waals surface area contributed by atoms with Crippen molar-refractivity contribution in [3.63, 3.8) is 0 Å². The first-order chi connectivity index (χ1) is 12.1. The minimum Gasteiger partial charge on any atom is -0.373 e. The molecule has 4 heterocycles. The van der Waals surface area contributed by atoms with Gasteiger partial charge in [-0.3, -0.25) is 9.59 Å². The van der Waals surface area contributed by atoms with E-state index in [1.165, 1.54) is 17.1 Å². The van der Waals surface area contributed by atoms with Gasteiger partial charge in [0.25, 0.3) is 5.95 Å². The average molecular weight is 342 g/mol. The van der Waals surface area contributed by atoms with Crippen molar-refractivity contribution in [1.82, 2.24) is 14.8 Å². The zero-order chi connectivity index (χ0) is 17.1. The highest BCUT2D eigenvalue weighted by atomic mass is 19.1. The van der Waals surface area contributed by atoms with Crippen LogP contribution in [0, 0.1) is 17.7 Å². The highest BCUT2D eigenvalue weighted by Crippen LogP contribution is 2.48. The van der Waals surface area contributed by atoms with Crippen LogP contribution in [0.4, 0.5) is 10.3 Å². The van der Waals surface area contributed by atoms with Gasteiger partial charge in [0.2, 0.25) is 11.8 Å². The van der Waals surface area contributed by atoms with Crippen LogP contribution >= 0.6 is 0 Å². The summed E-state index contributed by atoms with van der Waals surface area (Å²) in [4.78, 5) is 30.5. The number of aromatic nitrogens is 3. The molecule has 3 saturated heterocycles. The lowest BCUT2D eigenvalue weighted by molar-refractivity contribution is -0.124. The fourth-order valence-electron chi connectivity index (χ4n) is 4.17. The molecule has 8 heteroatoms. The Morgan fingerprint density at radius 2 is 1.80 bits per heavy atom. The topological polar surface area (TPSA) is 77.3 Å². The van der Waals surface area contributed by atoms with Gasteiger partial charge in [0, 0.05) is 5.56 Å². The molecule has 2 bridgehead atoms.